The first-order chi connectivity index (χ1) is 7.86. The van der Waals surface area contributed by atoms with Gasteiger partial charge in [-0.3, -0.25) is 0 Å². The standard InChI is InChI=1S/C14H15NS/c1-10(13-6-4-8-15-13)12-9-16-14-7-3-2-5-11(12)14/h2-3,5,7,9,13,15H,1,4,6,8H2. The number of thiophene rings is 1. The molecule has 1 nitrogen and oxygen atoms in total. The molecule has 1 unspecified atom stereocenters. The summed E-state index contributed by atoms with van der Waals surface area (Å²) >= 11 is 1.81. The minimum Gasteiger partial charge on any atom is -0.310 e. The summed E-state index contributed by atoms with van der Waals surface area (Å²) in [6, 6.07) is 9.06. The third kappa shape index (κ3) is 1.58. The maximum Gasteiger partial charge on any atom is 0.0349 e. The van der Waals surface area contributed by atoms with Crippen LogP contribution in [-0.4, -0.2) is 12.6 Å². The highest BCUT2D eigenvalue weighted by molar-refractivity contribution is 7.17. The Morgan fingerprint density at radius 3 is 3.06 bits per heavy atom. The third-order valence-corrected chi connectivity index (χ3v) is 4.27. The first-order valence-electron chi connectivity index (χ1n) is 5.75. The third-order valence-electron chi connectivity index (χ3n) is 3.31. The van der Waals surface area contributed by atoms with Gasteiger partial charge in [0.1, 0.15) is 0 Å². The Morgan fingerprint density at radius 2 is 2.25 bits per heavy atom. The van der Waals surface area contributed by atoms with E-state index in [1.165, 1.54) is 34.1 Å². The summed E-state index contributed by atoms with van der Waals surface area (Å²) in [5.41, 5.74) is 2.59. The van der Waals surface area contributed by atoms with E-state index in [0.29, 0.717) is 6.04 Å². The van der Waals surface area contributed by atoms with E-state index in [1.54, 1.807) is 0 Å². The van der Waals surface area contributed by atoms with Crippen molar-refractivity contribution in [2.45, 2.75) is 18.9 Å². The molecule has 2 heterocycles. The van der Waals surface area contributed by atoms with Crippen molar-refractivity contribution in [3.05, 3.63) is 41.8 Å². The van der Waals surface area contributed by atoms with Crippen molar-refractivity contribution in [3.63, 3.8) is 0 Å². The highest BCUT2D eigenvalue weighted by atomic mass is 32.1. The molecule has 0 bridgehead atoms. The molecule has 0 saturated carbocycles. The fraction of sp³-hybridized carbons (Fsp3) is 0.286. The zero-order valence-electron chi connectivity index (χ0n) is 9.20. The lowest BCUT2D eigenvalue weighted by molar-refractivity contribution is 0.746. The second kappa shape index (κ2) is 4.04. The van der Waals surface area contributed by atoms with Gasteiger partial charge in [-0.25, -0.2) is 0 Å². The van der Waals surface area contributed by atoms with Crippen LogP contribution in [0.25, 0.3) is 15.7 Å². The topological polar surface area (TPSA) is 12.0 Å². The normalized spacial score (nSPS) is 20.4. The smallest absolute Gasteiger partial charge is 0.0349 e. The summed E-state index contributed by atoms with van der Waals surface area (Å²) in [6.07, 6.45) is 2.49. The number of fused-ring (bicyclic) bond motifs is 1. The van der Waals surface area contributed by atoms with E-state index in [1.807, 2.05) is 11.3 Å². The Kier molecular flexibility index (Phi) is 2.54. The van der Waals surface area contributed by atoms with Crippen molar-refractivity contribution in [1.29, 1.82) is 0 Å². The Bertz CT molecular complexity index is 520. The van der Waals surface area contributed by atoms with Crippen LogP contribution in [0.5, 0.6) is 0 Å². The molecule has 0 radical (unpaired) electrons. The predicted octanol–water partition coefficient (Wildman–Crippen LogP) is 3.67. The number of benzene rings is 1. The van der Waals surface area contributed by atoms with Crippen LogP contribution < -0.4 is 5.32 Å². The van der Waals surface area contributed by atoms with Gasteiger partial charge in [-0.05, 0) is 47.4 Å². The molecule has 1 aromatic heterocycles. The fourth-order valence-corrected chi connectivity index (χ4v) is 3.38. The molecule has 1 fully saturated rings. The molecule has 1 N–H and O–H groups in total. The predicted molar refractivity (Wildman–Crippen MR) is 71.9 cm³/mol. The second-order valence-electron chi connectivity index (χ2n) is 4.32. The molecule has 1 aromatic carbocycles. The molecular weight excluding hydrogens is 214 g/mol. The SMILES string of the molecule is C=C(c1csc2ccccc12)C1CCCN1. The molecule has 1 atom stereocenters. The Labute approximate surface area is 99.8 Å². The van der Waals surface area contributed by atoms with Crippen molar-refractivity contribution in [1.82, 2.24) is 5.32 Å². The average molecular weight is 229 g/mol. The first-order valence-corrected chi connectivity index (χ1v) is 6.63. The Morgan fingerprint density at radius 1 is 1.38 bits per heavy atom. The van der Waals surface area contributed by atoms with Crippen molar-refractivity contribution in [2.24, 2.45) is 0 Å². The van der Waals surface area contributed by atoms with Crippen LogP contribution in [0.2, 0.25) is 0 Å². The Hall–Kier alpha value is -1.12. The summed E-state index contributed by atoms with van der Waals surface area (Å²) in [5, 5.41) is 7.11. The van der Waals surface area contributed by atoms with Crippen molar-refractivity contribution in [3.8, 4) is 0 Å². The Balaban J connectivity index is 2.02. The van der Waals surface area contributed by atoms with Gasteiger partial charge in [0.15, 0.2) is 0 Å². The van der Waals surface area contributed by atoms with E-state index in [4.69, 9.17) is 0 Å². The van der Waals surface area contributed by atoms with E-state index in [2.05, 4.69) is 41.5 Å². The van der Waals surface area contributed by atoms with Crippen LogP contribution >= 0.6 is 11.3 Å². The number of hydrogen-bond donors (Lipinski definition) is 1. The molecule has 0 spiro atoms. The van der Waals surface area contributed by atoms with E-state index in [-0.39, 0.29) is 0 Å². The van der Waals surface area contributed by atoms with E-state index in [0.717, 1.165) is 6.54 Å². The lowest BCUT2D eigenvalue weighted by atomic mass is 9.99. The molecule has 3 rings (SSSR count). The van der Waals surface area contributed by atoms with Crippen molar-refractivity contribution < 1.29 is 0 Å². The van der Waals surface area contributed by atoms with Gasteiger partial charge in [0.05, 0.1) is 0 Å². The molecule has 1 aliphatic rings. The molecule has 82 valence electrons. The van der Waals surface area contributed by atoms with E-state index < -0.39 is 0 Å². The maximum absolute atomic E-state index is 4.27. The van der Waals surface area contributed by atoms with Crippen LogP contribution in [0, 0.1) is 0 Å². The zero-order chi connectivity index (χ0) is 11.0. The lowest BCUT2D eigenvalue weighted by Crippen LogP contribution is -2.22. The monoisotopic (exact) mass is 229 g/mol. The lowest BCUT2D eigenvalue weighted by Gasteiger charge is -2.13. The van der Waals surface area contributed by atoms with Crippen LogP contribution in [0.1, 0.15) is 18.4 Å². The largest absolute Gasteiger partial charge is 0.310 e. The van der Waals surface area contributed by atoms with Gasteiger partial charge in [-0.15, -0.1) is 11.3 Å². The van der Waals surface area contributed by atoms with Gasteiger partial charge >= 0.3 is 0 Å². The molecule has 0 aliphatic carbocycles. The number of rotatable bonds is 2. The second-order valence-corrected chi connectivity index (χ2v) is 5.23. The minimum absolute atomic E-state index is 0.484. The summed E-state index contributed by atoms with van der Waals surface area (Å²) in [4.78, 5) is 0. The molecule has 0 amide bonds. The summed E-state index contributed by atoms with van der Waals surface area (Å²) in [7, 11) is 0. The molecule has 2 heteroatoms. The summed E-state index contributed by atoms with van der Waals surface area (Å²) in [6.45, 7) is 5.40. The van der Waals surface area contributed by atoms with Gasteiger partial charge in [-0.2, -0.15) is 0 Å². The molecule has 1 aliphatic heterocycles. The molecular formula is C14H15NS. The van der Waals surface area contributed by atoms with Gasteiger partial charge in [-0.1, -0.05) is 24.8 Å². The summed E-state index contributed by atoms with van der Waals surface area (Å²) < 4.78 is 1.36. The quantitative estimate of drug-likeness (QED) is 0.828. The minimum atomic E-state index is 0.484. The van der Waals surface area contributed by atoms with Gasteiger partial charge in [0, 0.05) is 10.7 Å². The molecule has 1 saturated heterocycles. The van der Waals surface area contributed by atoms with Gasteiger partial charge in [0.25, 0.3) is 0 Å². The van der Waals surface area contributed by atoms with Crippen molar-refractivity contribution >= 4 is 27.0 Å². The van der Waals surface area contributed by atoms with E-state index in [9.17, 15) is 0 Å². The highest BCUT2D eigenvalue weighted by Crippen LogP contribution is 2.33. The van der Waals surface area contributed by atoms with Crippen LogP contribution in [0.4, 0.5) is 0 Å². The average Bonchev–Trinajstić information content (AvgIpc) is 2.98. The first kappa shape index (κ1) is 10.1. The van der Waals surface area contributed by atoms with Gasteiger partial charge < -0.3 is 5.32 Å². The number of hydrogen-bond acceptors (Lipinski definition) is 2. The zero-order valence-corrected chi connectivity index (χ0v) is 10.0. The summed E-state index contributed by atoms with van der Waals surface area (Å²) in [5.74, 6) is 0. The maximum atomic E-state index is 4.27. The van der Waals surface area contributed by atoms with Crippen LogP contribution in [0.15, 0.2) is 36.2 Å². The fourth-order valence-electron chi connectivity index (χ4n) is 2.40. The number of nitrogens with one attached hydrogen (secondary N) is 1. The van der Waals surface area contributed by atoms with Gasteiger partial charge in [0.2, 0.25) is 0 Å². The van der Waals surface area contributed by atoms with E-state index >= 15 is 0 Å². The molecule has 16 heavy (non-hydrogen) atoms. The van der Waals surface area contributed by atoms with Crippen molar-refractivity contribution in [2.75, 3.05) is 6.54 Å². The van der Waals surface area contributed by atoms with Crippen LogP contribution in [0.3, 0.4) is 0 Å². The highest BCUT2D eigenvalue weighted by Gasteiger charge is 2.19. The molecule has 2 aromatic rings. The van der Waals surface area contributed by atoms with Crippen LogP contribution in [-0.2, 0) is 0 Å².